The van der Waals surface area contributed by atoms with E-state index in [0.717, 1.165) is 6.26 Å². The minimum absolute atomic E-state index is 0.0309. The summed E-state index contributed by atoms with van der Waals surface area (Å²) in [5, 5.41) is 8.68. The molecule has 0 radical (unpaired) electrons. The van der Waals surface area contributed by atoms with Crippen LogP contribution in [0.5, 0.6) is 0 Å². The maximum atomic E-state index is 11.2. The molecule has 0 aliphatic heterocycles. The predicted molar refractivity (Wildman–Crippen MR) is 60.9 cm³/mol. The topological polar surface area (TPSA) is 71.4 Å². The average molecular weight is 283 g/mol. The van der Waals surface area contributed by atoms with Crippen LogP contribution in [-0.2, 0) is 21.1 Å². The molecule has 0 amide bonds. The number of aliphatic carboxylic acids is 1. The number of hydrogen-bond acceptors (Lipinski definition) is 3. The summed E-state index contributed by atoms with van der Waals surface area (Å²) in [6, 6.07) is 2.39. The summed E-state index contributed by atoms with van der Waals surface area (Å²) in [4.78, 5) is 10.5. The maximum absolute atomic E-state index is 11.2. The number of sulfone groups is 1. The molecule has 1 aromatic carbocycles. The van der Waals surface area contributed by atoms with Crippen molar-refractivity contribution in [3.05, 3.63) is 27.7 Å². The van der Waals surface area contributed by atoms with Gasteiger partial charge in [-0.2, -0.15) is 0 Å². The Morgan fingerprint density at radius 3 is 2.06 bits per heavy atom. The van der Waals surface area contributed by atoms with Crippen molar-refractivity contribution in [3.63, 3.8) is 0 Å². The van der Waals surface area contributed by atoms with Gasteiger partial charge in [0.1, 0.15) is 0 Å². The van der Waals surface area contributed by atoms with Crippen molar-refractivity contribution in [1.29, 1.82) is 0 Å². The first-order valence-electron chi connectivity index (χ1n) is 4.11. The number of hydrogen-bond donors (Lipinski definition) is 1. The molecular weight excluding hydrogens is 275 g/mol. The highest BCUT2D eigenvalue weighted by atomic mass is 35.5. The molecule has 0 fully saturated rings. The largest absolute Gasteiger partial charge is 0.481 e. The molecule has 0 aromatic heterocycles. The van der Waals surface area contributed by atoms with Crippen LogP contribution in [0.4, 0.5) is 0 Å². The van der Waals surface area contributed by atoms with Crippen molar-refractivity contribution in [2.24, 2.45) is 0 Å². The second-order valence-corrected chi connectivity index (χ2v) is 6.04. The van der Waals surface area contributed by atoms with E-state index >= 15 is 0 Å². The molecule has 4 nitrogen and oxygen atoms in total. The maximum Gasteiger partial charge on any atom is 0.307 e. The lowest BCUT2D eigenvalue weighted by molar-refractivity contribution is -0.136. The van der Waals surface area contributed by atoms with Crippen LogP contribution in [-0.4, -0.2) is 25.7 Å². The summed E-state index contributed by atoms with van der Waals surface area (Å²) in [6.07, 6.45) is 0.674. The van der Waals surface area contributed by atoms with Crippen molar-refractivity contribution >= 4 is 39.0 Å². The van der Waals surface area contributed by atoms with Crippen molar-refractivity contribution in [3.8, 4) is 0 Å². The third kappa shape index (κ3) is 3.10. The zero-order valence-corrected chi connectivity index (χ0v) is 10.5. The van der Waals surface area contributed by atoms with Gasteiger partial charge in [0.2, 0.25) is 0 Å². The van der Waals surface area contributed by atoms with E-state index in [1.54, 1.807) is 0 Å². The standard InChI is InChI=1S/C9H8Cl2O4S/c1-16(14,15)5-2-7(10)6(4-9(12)13)8(11)3-5/h2-3H,4H2,1H3,(H,12,13). The lowest BCUT2D eigenvalue weighted by Gasteiger charge is -2.07. The molecule has 7 heteroatoms. The Hall–Kier alpha value is -0.780. The molecule has 0 saturated heterocycles. The van der Waals surface area contributed by atoms with Crippen molar-refractivity contribution in [2.45, 2.75) is 11.3 Å². The monoisotopic (exact) mass is 282 g/mol. The molecule has 0 unspecified atom stereocenters. The van der Waals surface area contributed by atoms with E-state index < -0.39 is 15.8 Å². The van der Waals surface area contributed by atoms with E-state index in [-0.39, 0.29) is 26.9 Å². The van der Waals surface area contributed by atoms with E-state index in [4.69, 9.17) is 28.3 Å². The lowest BCUT2D eigenvalue weighted by atomic mass is 10.1. The summed E-state index contributed by atoms with van der Waals surface area (Å²) in [6.45, 7) is 0. The van der Waals surface area contributed by atoms with Crippen molar-refractivity contribution in [2.75, 3.05) is 6.26 Å². The first-order chi connectivity index (χ1) is 7.21. The second-order valence-electron chi connectivity index (χ2n) is 3.21. The average Bonchev–Trinajstić information content (AvgIpc) is 2.09. The summed E-state index contributed by atoms with van der Waals surface area (Å²) in [5.41, 5.74) is 0.211. The highest BCUT2D eigenvalue weighted by Gasteiger charge is 2.15. The quantitative estimate of drug-likeness (QED) is 0.921. The van der Waals surface area contributed by atoms with E-state index in [0.29, 0.717) is 0 Å². The van der Waals surface area contributed by atoms with E-state index in [9.17, 15) is 13.2 Å². The van der Waals surface area contributed by atoms with Crippen LogP contribution in [0.25, 0.3) is 0 Å². The number of carboxylic acids is 1. The molecule has 0 saturated carbocycles. The van der Waals surface area contributed by atoms with Gasteiger partial charge in [0.05, 0.1) is 11.3 Å². The van der Waals surface area contributed by atoms with Gasteiger partial charge in [0, 0.05) is 21.9 Å². The molecule has 0 aliphatic rings. The molecular formula is C9H8Cl2O4S. The summed E-state index contributed by atoms with van der Waals surface area (Å²) >= 11 is 11.5. The minimum Gasteiger partial charge on any atom is -0.481 e. The van der Waals surface area contributed by atoms with Gasteiger partial charge in [-0.15, -0.1) is 0 Å². The number of carbonyl (C=O) groups is 1. The molecule has 0 aliphatic carbocycles. The van der Waals surface area contributed by atoms with Crippen LogP contribution in [0, 0.1) is 0 Å². The zero-order chi connectivity index (χ0) is 12.5. The molecule has 16 heavy (non-hydrogen) atoms. The van der Waals surface area contributed by atoms with Crippen LogP contribution >= 0.6 is 23.2 Å². The summed E-state index contributed by atoms with van der Waals surface area (Å²) < 4.78 is 22.5. The Morgan fingerprint density at radius 1 is 1.31 bits per heavy atom. The Bertz CT molecular complexity index is 513. The van der Waals surface area contributed by atoms with Gasteiger partial charge in [-0.05, 0) is 12.1 Å². The van der Waals surface area contributed by atoms with Crippen molar-refractivity contribution in [1.82, 2.24) is 0 Å². The van der Waals surface area contributed by atoms with Crippen LogP contribution in [0.1, 0.15) is 5.56 Å². The Morgan fingerprint density at radius 2 is 1.75 bits per heavy atom. The van der Waals surface area contributed by atoms with Gasteiger partial charge >= 0.3 is 5.97 Å². The first-order valence-corrected chi connectivity index (χ1v) is 6.76. The third-order valence-electron chi connectivity index (χ3n) is 1.87. The second kappa shape index (κ2) is 4.61. The van der Waals surface area contributed by atoms with Gasteiger partial charge in [-0.25, -0.2) is 8.42 Å². The Balaban J connectivity index is 3.34. The Kier molecular flexibility index (Phi) is 3.83. The molecule has 1 aromatic rings. The number of benzene rings is 1. The van der Waals surface area contributed by atoms with E-state index in [2.05, 4.69) is 0 Å². The number of halogens is 2. The van der Waals surface area contributed by atoms with Gasteiger partial charge in [-0.3, -0.25) is 4.79 Å². The van der Waals surface area contributed by atoms with Gasteiger partial charge in [0.15, 0.2) is 9.84 Å². The fraction of sp³-hybridized carbons (Fsp3) is 0.222. The fourth-order valence-electron chi connectivity index (χ4n) is 1.11. The SMILES string of the molecule is CS(=O)(=O)c1cc(Cl)c(CC(=O)O)c(Cl)c1. The van der Waals surface area contributed by atoms with Gasteiger partial charge in [0.25, 0.3) is 0 Å². The Labute approximate surface area is 103 Å². The van der Waals surface area contributed by atoms with Crippen LogP contribution in [0.2, 0.25) is 10.0 Å². The third-order valence-corrected chi connectivity index (χ3v) is 3.64. The van der Waals surface area contributed by atoms with E-state index in [1.807, 2.05) is 0 Å². The summed E-state index contributed by atoms with van der Waals surface area (Å²) in [7, 11) is -3.41. The molecule has 0 bridgehead atoms. The van der Waals surface area contributed by atoms with Crippen molar-refractivity contribution < 1.29 is 18.3 Å². The summed E-state index contributed by atoms with van der Waals surface area (Å²) in [5.74, 6) is -1.09. The highest BCUT2D eigenvalue weighted by Crippen LogP contribution is 2.29. The molecule has 1 N–H and O–H groups in total. The van der Waals surface area contributed by atoms with Gasteiger partial charge < -0.3 is 5.11 Å². The normalized spacial score (nSPS) is 11.4. The molecule has 0 heterocycles. The highest BCUT2D eigenvalue weighted by molar-refractivity contribution is 7.90. The minimum atomic E-state index is -3.41. The van der Waals surface area contributed by atoms with Crippen LogP contribution in [0.15, 0.2) is 17.0 Å². The molecule has 1 rings (SSSR count). The van der Waals surface area contributed by atoms with Crippen LogP contribution < -0.4 is 0 Å². The zero-order valence-electron chi connectivity index (χ0n) is 8.20. The van der Waals surface area contributed by atoms with E-state index in [1.165, 1.54) is 12.1 Å². The lowest BCUT2D eigenvalue weighted by Crippen LogP contribution is -2.04. The number of rotatable bonds is 3. The predicted octanol–water partition coefficient (Wildman–Crippen LogP) is 2.02. The molecule has 0 spiro atoms. The van der Waals surface area contributed by atoms with Crippen LogP contribution in [0.3, 0.4) is 0 Å². The molecule has 0 atom stereocenters. The van der Waals surface area contributed by atoms with Gasteiger partial charge in [-0.1, -0.05) is 23.2 Å². The molecule has 88 valence electrons. The number of carboxylic acid groups (broad SMARTS) is 1. The fourth-order valence-corrected chi connectivity index (χ4v) is 2.53. The first kappa shape index (κ1) is 13.3. The smallest absolute Gasteiger partial charge is 0.307 e.